The number of piperazine rings is 1. The summed E-state index contributed by atoms with van der Waals surface area (Å²) in [6.45, 7) is 6.31. The zero-order chi connectivity index (χ0) is 19.8. The number of nitrogens with zero attached hydrogens (tertiary/aromatic N) is 5. The fraction of sp³-hybridized carbons (Fsp3) is 0.500. The number of benzene rings is 1. The zero-order valence-electron chi connectivity index (χ0n) is 17.0. The molecule has 7 nitrogen and oxygen atoms in total. The van der Waals surface area contributed by atoms with Gasteiger partial charge < -0.3 is 19.9 Å². The summed E-state index contributed by atoms with van der Waals surface area (Å²) in [5.41, 5.74) is 1.05. The van der Waals surface area contributed by atoms with Crippen LogP contribution < -0.4 is 15.0 Å². The largest absolute Gasteiger partial charge is 0.492 e. The number of para-hydroxylation sites is 1. The molecule has 1 fully saturated rings. The molecule has 28 heavy (non-hydrogen) atoms. The minimum Gasteiger partial charge on any atom is -0.492 e. The number of aromatic nitrogens is 1. The Morgan fingerprint density at radius 1 is 1.21 bits per heavy atom. The van der Waals surface area contributed by atoms with Crippen LogP contribution in [0.4, 0.5) is 5.13 Å². The SMILES string of the molecule is CN=C(NCc1csc(N(C)C)n1)N1CCN(CCOc2ccccc2)CC1. The van der Waals surface area contributed by atoms with E-state index < -0.39 is 0 Å². The Bertz CT molecular complexity index is 740. The summed E-state index contributed by atoms with van der Waals surface area (Å²) >= 11 is 1.66. The first kappa shape index (κ1) is 20.4. The Hall–Kier alpha value is -2.32. The lowest BCUT2D eigenvalue weighted by atomic mass is 10.3. The molecule has 1 aliphatic rings. The van der Waals surface area contributed by atoms with E-state index in [1.54, 1.807) is 11.3 Å². The van der Waals surface area contributed by atoms with E-state index in [1.807, 2.05) is 56.4 Å². The van der Waals surface area contributed by atoms with Gasteiger partial charge in [-0.05, 0) is 12.1 Å². The average molecular weight is 403 g/mol. The third-order valence-electron chi connectivity index (χ3n) is 4.65. The highest BCUT2D eigenvalue weighted by atomic mass is 32.1. The van der Waals surface area contributed by atoms with E-state index in [-0.39, 0.29) is 0 Å². The van der Waals surface area contributed by atoms with Crippen molar-refractivity contribution in [3.63, 3.8) is 0 Å². The smallest absolute Gasteiger partial charge is 0.194 e. The molecule has 1 aromatic heterocycles. The highest BCUT2D eigenvalue weighted by molar-refractivity contribution is 7.13. The molecule has 1 aromatic carbocycles. The summed E-state index contributed by atoms with van der Waals surface area (Å²) in [5.74, 6) is 1.88. The van der Waals surface area contributed by atoms with Crippen molar-refractivity contribution in [1.82, 2.24) is 20.1 Å². The number of anilines is 1. The molecule has 3 rings (SSSR count). The second kappa shape index (κ2) is 10.3. The molecule has 0 spiro atoms. The van der Waals surface area contributed by atoms with Gasteiger partial charge in [0.1, 0.15) is 12.4 Å². The van der Waals surface area contributed by atoms with Crippen molar-refractivity contribution in [2.45, 2.75) is 6.54 Å². The Labute approximate surface area is 171 Å². The molecule has 2 heterocycles. The number of hydrogen-bond acceptors (Lipinski definition) is 6. The van der Waals surface area contributed by atoms with E-state index in [4.69, 9.17) is 4.74 Å². The first-order chi connectivity index (χ1) is 13.7. The first-order valence-corrected chi connectivity index (χ1v) is 10.5. The molecule has 1 N–H and O–H groups in total. The Morgan fingerprint density at radius 3 is 2.61 bits per heavy atom. The molecule has 0 unspecified atom stereocenters. The quantitative estimate of drug-likeness (QED) is 0.565. The van der Waals surface area contributed by atoms with Crippen molar-refractivity contribution in [3.8, 4) is 5.75 Å². The normalized spacial score (nSPS) is 15.5. The lowest BCUT2D eigenvalue weighted by Gasteiger charge is -2.36. The number of nitrogens with one attached hydrogen (secondary N) is 1. The van der Waals surface area contributed by atoms with Gasteiger partial charge in [-0.15, -0.1) is 11.3 Å². The van der Waals surface area contributed by atoms with E-state index in [1.165, 1.54) is 0 Å². The van der Waals surface area contributed by atoms with Crippen LogP contribution in [0.1, 0.15) is 5.69 Å². The van der Waals surface area contributed by atoms with E-state index in [2.05, 4.69) is 30.5 Å². The molecule has 0 atom stereocenters. The van der Waals surface area contributed by atoms with E-state index in [0.29, 0.717) is 6.54 Å². The lowest BCUT2D eigenvalue weighted by Crippen LogP contribution is -2.52. The molecule has 0 amide bonds. The molecule has 152 valence electrons. The minimum atomic E-state index is 0.697. The van der Waals surface area contributed by atoms with Gasteiger partial charge in [0.05, 0.1) is 12.2 Å². The van der Waals surface area contributed by atoms with Crippen LogP contribution in [-0.4, -0.2) is 81.2 Å². The Morgan fingerprint density at radius 2 is 1.96 bits per heavy atom. The van der Waals surface area contributed by atoms with Crippen molar-refractivity contribution >= 4 is 22.4 Å². The van der Waals surface area contributed by atoms with Crippen LogP contribution >= 0.6 is 11.3 Å². The molecule has 8 heteroatoms. The molecule has 0 radical (unpaired) electrons. The third-order valence-corrected chi connectivity index (χ3v) is 5.71. The summed E-state index contributed by atoms with van der Waals surface area (Å²) in [6, 6.07) is 10.00. The molecular formula is C20H30N6OS. The highest BCUT2D eigenvalue weighted by Gasteiger charge is 2.19. The van der Waals surface area contributed by atoms with Crippen molar-refractivity contribution in [2.24, 2.45) is 4.99 Å². The van der Waals surface area contributed by atoms with Crippen LogP contribution in [-0.2, 0) is 6.54 Å². The van der Waals surface area contributed by atoms with Gasteiger partial charge >= 0.3 is 0 Å². The number of thiazole rings is 1. The van der Waals surface area contributed by atoms with Crippen LogP contribution in [0.15, 0.2) is 40.7 Å². The van der Waals surface area contributed by atoms with Gasteiger partial charge in [-0.3, -0.25) is 9.89 Å². The number of guanidine groups is 1. The maximum Gasteiger partial charge on any atom is 0.194 e. The molecule has 0 saturated carbocycles. The predicted molar refractivity (Wildman–Crippen MR) is 117 cm³/mol. The molecular weight excluding hydrogens is 372 g/mol. The number of rotatable bonds is 7. The second-order valence-corrected chi connectivity index (χ2v) is 7.74. The van der Waals surface area contributed by atoms with Gasteiger partial charge in [0.25, 0.3) is 0 Å². The standard InChI is InChI=1S/C20H30N6OS/c1-21-19(22-15-17-16-28-20(23-17)24(2)3)26-11-9-25(10-12-26)13-14-27-18-7-5-4-6-8-18/h4-8,16H,9-15H2,1-3H3,(H,21,22). The van der Waals surface area contributed by atoms with E-state index >= 15 is 0 Å². The van der Waals surface area contributed by atoms with Crippen molar-refractivity contribution < 1.29 is 4.74 Å². The fourth-order valence-corrected chi connectivity index (χ4v) is 3.84. The van der Waals surface area contributed by atoms with Crippen molar-refractivity contribution in [1.29, 1.82) is 0 Å². The molecule has 2 aromatic rings. The second-order valence-electron chi connectivity index (χ2n) is 6.91. The highest BCUT2D eigenvalue weighted by Crippen LogP contribution is 2.17. The van der Waals surface area contributed by atoms with Crippen LogP contribution in [0.3, 0.4) is 0 Å². The van der Waals surface area contributed by atoms with Crippen molar-refractivity contribution in [3.05, 3.63) is 41.4 Å². The topological polar surface area (TPSA) is 56.2 Å². The third kappa shape index (κ3) is 5.84. The summed E-state index contributed by atoms with van der Waals surface area (Å²) in [5, 5.41) is 6.57. The number of hydrogen-bond donors (Lipinski definition) is 1. The summed E-state index contributed by atoms with van der Waals surface area (Å²) in [7, 11) is 5.87. The molecule has 1 aliphatic heterocycles. The van der Waals surface area contributed by atoms with E-state index in [0.717, 1.165) is 61.9 Å². The number of ether oxygens (including phenoxy) is 1. The first-order valence-electron chi connectivity index (χ1n) is 9.63. The lowest BCUT2D eigenvalue weighted by molar-refractivity contribution is 0.152. The fourth-order valence-electron chi connectivity index (χ4n) is 3.08. The molecule has 0 bridgehead atoms. The Balaban J connectivity index is 1.38. The molecule has 0 aliphatic carbocycles. The van der Waals surface area contributed by atoms with Gasteiger partial charge in [-0.1, -0.05) is 18.2 Å². The van der Waals surface area contributed by atoms with Gasteiger partial charge in [0, 0.05) is 59.2 Å². The summed E-state index contributed by atoms with van der Waals surface area (Å²) in [6.07, 6.45) is 0. The van der Waals surface area contributed by atoms with Crippen LogP contribution in [0.2, 0.25) is 0 Å². The monoisotopic (exact) mass is 402 g/mol. The Kier molecular flexibility index (Phi) is 7.50. The number of aliphatic imine (C=N–C) groups is 1. The van der Waals surface area contributed by atoms with Crippen LogP contribution in [0, 0.1) is 0 Å². The van der Waals surface area contributed by atoms with Gasteiger partial charge in [0.2, 0.25) is 0 Å². The maximum atomic E-state index is 5.81. The minimum absolute atomic E-state index is 0.697. The van der Waals surface area contributed by atoms with Gasteiger partial charge in [0.15, 0.2) is 11.1 Å². The van der Waals surface area contributed by atoms with E-state index in [9.17, 15) is 0 Å². The summed E-state index contributed by atoms with van der Waals surface area (Å²) in [4.78, 5) is 15.9. The zero-order valence-corrected chi connectivity index (χ0v) is 17.8. The molecule has 1 saturated heterocycles. The summed E-state index contributed by atoms with van der Waals surface area (Å²) < 4.78 is 5.81. The van der Waals surface area contributed by atoms with Gasteiger partial charge in [-0.25, -0.2) is 4.98 Å². The average Bonchev–Trinajstić information content (AvgIpc) is 3.20. The van der Waals surface area contributed by atoms with Gasteiger partial charge in [-0.2, -0.15) is 0 Å². The van der Waals surface area contributed by atoms with Crippen LogP contribution in [0.5, 0.6) is 5.75 Å². The predicted octanol–water partition coefficient (Wildman–Crippen LogP) is 1.98. The van der Waals surface area contributed by atoms with Crippen molar-refractivity contribution in [2.75, 3.05) is 65.4 Å². The van der Waals surface area contributed by atoms with Crippen LogP contribution in [0.25, 0.3) is 0 Å². The maximum absolute atomic E-state index is 5.81.